The Hall–Kier alpha value is -3.13. The van der Waals surface area contributed by atoms with E-state index in [-0.39, 0.29) is 6.04 Å². The SMILES string of the molecule is CCNC(=NCc1ccc(-n2cncn2)cc1)NCC(c1ccco1)N1CCCCC1. The van der Waals surface area contributed by atoms with Gasteiger partial charge in [-0.3, -0.25) is 4.90 Å². The van der Waals surface area contributed by atoms with Crippen LogP contribution in [0.1, 0.15) is 43.6 Å². The van der Waals surface area contributed by atoms with E-state index in [9.17, 15) is 0 Å². The first kappa shape index (κ1) is 21.1. The minimum absolute atomic E-state index is 0.209. The van der Waals surface area contributed by atoms with E-state index in [1.807, 2.05) is 18.2 Å². The van der Waals surface area contributed by atoms with E-state index >= 15 is 0 Å². The molecule has 8 nitrogen and oxygen atoms in total. The first-order chi connectivity index (χ1) is 15.3. The van der Waals surface area contributed by atoms with E-state index in [1.54, 1.807) is 17.3 Å². The summed E-state index contributed by atoms with van der Waals surface area (Å²) >= 11 is 0. The van der Waals surface area contributed by atoms with Gasteiger partial charge in [-0.25, -0.2) is 14.7 Å². The largest absolute Gasteiger partial charge is 0.468 e. The molecule has 1 saturated heterocycles. The minimum Gasteiger partial charge on any atom is -0.468 e. The van der Waals surface area contributed by atoms with Crippen molar-refractivity contribution in [1.82, 2.24) is 30.3 Å². The number of piperidine rings is 1. The number of furan rings is 1. The third-order valence-electron chi connectivity index (χ3n) is 5.55. The second-order valence-electron chi connectivity index (χ2n) is 7.71. The highest BCUT2D eigenvalue weighted by atomic mass is 16.3. The van der Waals surface area contributed by atoms with Crippen molar-refractivity contribution >= 4 is 5.96 Å². The summed E-state index contributed by atoms with van der Waals surface area (Å²) < 4.78 is 7.50. The number of nitrogens with zero attached hydrogens (tertiary/aromatic N) is 5. The normalized spacial score (nSPS) is 16.2. The monoisotopic (exact) mass is 421 g/mol. The molecule has 0 spiro atoms. The van der Waals surface area contributed by atoms with Crippen molar-refractivity contribution in [3.05, 3.63) is 66.6 Å². The highest BCUT2D eigenvalue weighted by Gasteiger charge is 2.24. The molecule has 2 N–H and O–H groups in total. The number of nitrogens with one attached hydrogen (secondary N) is 2. The Labute approximate surface area is 183 Å². The van der Waals surface area contributed by atoms with Gasteiger partial charge < -0.3 is 15.1 Å². The second kappa shape index (κ2) is 10.8. The van der Waals surface area contributed by atoms with Crippen LogP contribution in [0, 0.1) is 0 Å². The summed E-state index contributed by atoms with van der Waals surface area (Å²) in [6.45, 7) is 6.47. The molecule has 8 heteroatoms. The van der Waals surface area contributed by atoms with Crippen LogP contribution >= 0.6 is 0 Å². The number of likely N-dealkylation sites (tertiary alicyclic amines) is 1. The predicted octanol–water partition coefficient (Wildman–Crippen LogP) is 3.14. The van der Waals surface area contributed by atoms with E-state index in [4.69, 9.17) is 9.41 Å². The zero-order chi connectivity index (χ0) is 21.3. The van der Waals surface area contributed by atoms with Crippen LogP contribution in [-0.2, 0) is 6.54 Å². The van der Waals surface area contributed by atoms with Crippen LogP contribution in [0.5, 0.6) is 0 Å². The molecular formula is C23H31N7O. The number of rotatable bonds is 8. The summed E-state index contributed by atoms with van der Waals surface area (Å²) in [4.78, 5) is 11.3. The van der Waals surface area contributed by atoms with Gasteiger partial charge >= 0.3 is 0 Å². The van der Waals surface area contributed by atoms with Gasteiger partial charge in [-0.15, -0.1) is 0 Å². The van der Waals surface area contributed by atoms with Crippen molar-refractivity contribution in [2.24, 2.45) is 4.99 Å². The first-order valence-corrected chi connectivity index (χ1v) is 11.1. The molecule has 0 aliphatic carbocycles. The highest BCUT2D eigenvalue weighted by molar-refractivity contribution is 5.79. The van der Waals surface area contributed by atoms with Crippen LogP contribution in [0.2, 0.25) is 0 Å². The van der Waals surface area contributed by atoms with Crippen LogP contribution < -0.4 is 10.6 Å². The van der Waals surface area contributed by atoms with Crippen molar-refractivity contribution in [3.8, 4) is 5.69 Å². The average molecular weight is 422 g/mol. The highest BCUT2D eigenvalue weighted by Crippen LogP contribution is 2.24. The summed E-state index contributed by atoms with van der Waals surface area (Å²) in [5.74, 6) is 1.82. The second-order valence-corrected chi connectivity index (χ2v) is 7.71. The summed E-state index contributed by atoms with van der Waals surface area (Å²) in [7, 11) is 0. The molecule has 0 radical (unpaired) electrons. The lowest BCUT2D eigenvalue weighted by Crippen LogP contribution is -2.44. The van der Waals surface area contributed by atoms with Gasteiger partial charge in [0.2, 0.25) is 0 Å². The molecule has 164 valence electrons. The maximum atomic E-state index is 5.76. The maximum Gasteiger partial charge on any atom is 0.191 e. The van der Waals surface area contributed by atoms with Crippen molar-refractivity contribution in [3.63, 3.8) is 0 Å². The molecule has 1 atom stereocenters. The summed E-state index contributed by atoms with van der Waals surface area (Å²) in [5, 5.41) is 11.0. The molecule has 3 aromatic rings. The van der Waals surface area contributed by atoms with E-state index in [0.717, 1.165) is 49.1 Å². The fourth-order valence-corrected chi connectivity index (χ4v) is 3.92. The van der Waals surface area contributed by atoms with E-state index in [2.05, 4.69) is 50.7 Å². The Morgan fingerprint density at radius 2 is 1.97 bits per heavy atom. The maximum absolute atomic E-state index is 5.76. The molecule has 0 amide bonds. The third-order valence-corrected chi connectivity index (χ3v) is 5.55. The topological polar surface area (TPSA) is 83.5 Å². The summed E-state index contributed by atoms with van der Waals surface area (Å²) in [5.41, 5.74) is 2.12. The molecule has 1 aliphatic heterocycles. The van der Waals surface area contributed by atoms with Crippen LogP contribution in [0.15, 0.2) is 64.7 Å². The van der Waals surface area contributed by atoms with Gasteiger partial charge in [-0.05, 0) is 62.7 Å². The number of hydrogen-bond donors (Lipinski definition) is 2. The molecule has 31 heavy (non-hydrogen) atoms. The van der Waals surface area contributed by atoms with Crippen LogP contribution in [-0.4, -0.2) is 51.8 Å². The number of hydrogen-bond acceptors (Lipinski definition) is 5. The van der Waals surface area contributed by atoms with Crippen molar-refractivity contribution in [2.75, 3.05) is 26.2 Å². The van der Waals surface area contributed by atoms with Gasteiger partial charge in [0.05, 0.1) is 24.5 Å². The fraction of sp³-hybridized carbons (Fsp3) is 0.435. The Kier molecular flexibility index (Phi) is 7.33. The Morgan fingerprint density at radius 3 is 2.65 bits per heavy atom. The lowest BCUT2D eigenvalue weighted by molar-refractivity contribution is 0.146. The third kappa shape index (κ3) is 5.73. The van der Waals surface area contributed by atoms with E-state index < -0.39 is 0 Å². The zero-order valence-electron chi connectivity index (χ0n) is 18.1. The molecular weight excluding hydrogens is 390 g/mol. The Bertz CT molecular complexity index is 914. The smallest absolute Gasteiger partial charge is 0.191 e. The fourth-order valence-electron chi connectivity index (χ4n) is 3.92. The quantitative estimate of drug-likeness (QED) is 0.429. The van der Waals surface area contributed by atoms with E-state index in [0.29, 0.717) is 6.54 Å². The van der Waals surface area contributed by atoms with Crippen molar-refractivity contribution in [2.45, 2.75) is 38.8 Å². The van der Waals surface area contributed by atoms with E-state index in [1.165, 1.54) is 25.6 Å². The van der Waals surface area contributed by atoms with Gasteiger partial charge in [-0.1, -0.05) is 18.6 Å². The molecule has 2 aromatic heterocycles. The van der Waals surface area contributed by atoms with Gasteiger partial charge in [-0.2, -0.15) is 5.10 Å². The standard InChI is InChI=1S/C23H31N7O/c1-2-25-23(26-15-19-8-10-20(11-9-19)30-18-24-17-28-30)27-16-21(22-7-6-14-31-22)29-12-4-3-5-13-29/h6-11,14,17-18,21H,2-5,12-13,15-16H2,1H3,(H2,25,26,27). The van der Waals surface area contributed by atoms with Crippen LogP contribution in [0.25, 0.3) is 5.69 Å². The van der Waals surface area contributed by atoms with Gasteiger partial charge in [0, 0.05) is 13.1 Å². The number of guanidine groups is 1. The lowest BCUT2D eigenvalue weighted by atomic mass is 10.1. The molecule has 3 heterocycles. The minimum atomic E-state index is 0.209. The molecule has 1 aromatic carbocycles. The van der Waals surface area contributed by atoms with Gasteiger partial charge in [0.1, 0.15) is 18.4 Å². The summed E-state index contributed by atoms with van der Waals surface area (Å²) in [6.07, 6.45) is 8.79. The predicted molar refractivity (Wildman–Crippen MR) is 121 cm³/mol. The van der Waals surface area contributed by atoms with Gasteiger partial charge in [0.25, 0.3) is 0 Å². The lowest BCUT2D eigenvalue weighted by Gasteiger charge is -2.33. The Balaban J connectivity index is 1.39. The number of aromatic nitrogens is 3. The first-order valence-electron chi connectivity index (χ1n) is 11.1. The Morgan fingerprint density at radius 1 is 1.13 bits per heavy atom. The van der Waals surface area contributed by atoms with Crippen molar-refractivity contribution in [1.29, 1.82) is 0 Å². The molecule has 4 rings (SSSR count). The number of benzene rings is 1. The van der Waals surface area contributed by atoms with Crippen LogP contribution in [0.3, 0.4) is 0 Å². The molecule has 0 bridgehead atoms. The zero-order valence-corrected chi connectivity index (χ0v) is 18.1. The summed E-state index contributed by atoms with van der Waals surface area (Å²) in [6, 6.07) is 12.5. The van der Waals surface area contributed by atoms with Crippen molar-refractivity contribution < 1.29 is 4.42 Å². The van der Waals surface area contributed by atoms with Gasteiger partial charge in [0.15, 0.2) is 5.96 Å². The molecule has 1 unspecified atom stereocenters. The molecule has 1 fully saturated rings. The molecule has 0 saturated carbocycles. The molecule has 1 aliphatic rings. The number of aliphatic imine (C=N–C) groups is 1. The average Bonchev–Trinajstić information content (AvgIpc) is 3.53. The van der Waals surface area contributed by atoms with Crippen LogP contribution in [0.4, 0.5) is 0 Å².